The van der Waals surface area contributed by atoms with Crippen LogP contribution in [0.2, 0.25) is 5.02 Å². The first-order chi connectivity index (χ1) is 19.9. The summed E-state index contributed by atoms with van der Waals surface area (Å²) >= 11 is 7.60. The van der Waals surface area contributed by atoms with Crippen molar-refractivity contribution in [1.29, 1.82) is 0 Å². The number of rotatable bonds is 5. The van der Waals surface area contributed by atoms with Gasteiger partial charge in [-0.25, -0.2) is 9.48 Å². The van der Waals surface area contributed by atoms with Crippen LogP contribution in [0.15, 0.2) is 64.6 Å². The molecule has 2 aliphatic heterocycles. The fourth-order valence-corrected chi connectivity index (χ4v) is 6.15. The monoisotopic (exact) mass is 607 g/mol. The second-order valence-electron chi connectivity index (χ2n) is 11.3. The maximum atomic E-state index is 12.8. The molecule has 10 nitrogen and oxygen atoms in total. The van der Waals surface area contributed by atoms with Crippen LogP contribution in [-0.4, -0.2) is 80.8 Å². The summed E-state index contributed by atoms with van der Waals surface area (Å²) in [6.45, 7) is 7.78. The van der Waals surface area contributed by atoms with Gasteiger partial charge in [0.1, 0.15) is 18.6 Å². The van der Waals surface area contributed by atoms with Crippen molar-refractivity contribution in [2.75, 3.05) is 38.0 Å². The van der Waals surface area contributed by atoms with Gasteiger partial charge in [0.15, 0.2) is 5.17 Å². The van der Waals surface area contributed by atoms with Crippen molar-refractivity contribution in [2.45, 2.75) is 26.3 Å². The standard InChI is InChI=1S/C30H31ClN6O4S/c1-30(2,3)37(29(40)41)13-11-36(12-14-37)18-26(38)33-21-7-8-22(31)24(17-21)34-28-35-27(39)25(42-28)16-19-6-9-23-20(15-19)5-4-10-32-23/h4-10,15-17H,11-14,18H2,1-3H3,(H2-,33,34,35,38,39,40,41)/p+1/b25-16-. The number of aromatic nitrogens is 1. The summed E-state index contributed by atoms with van der Waals surface area (Å²) < 4.78 is -0.0306. The summed E-state index contributed by atoms with van der Waals surface area (Å²) in [6.07, 6.45) is 2.70. The maximum absolute atomic E-state index is 12.8. The predicted molar refractivity (Wildman–Crippen MR) is 167 cm³/mol. The molecule has 2 aromatic carbocycles. The van der Waals surface area contributed by atoms with E-state index in [1.54, 1.807) is 30.5 Å². The van der Waals surface area contributed by atoms with E-state index in [4.69, 9.17) is 11.6 Å². The Morgan fingerprint density at radius 1 is 1.19 bits per heavy atom. The number of piperazine rings is 1. The van der Waals surface area contributed by atoms with Crippen molar-refractivity contribution >= 4 is 74.8 Å². The normalized spacial score (nSPS) is 19.3. The van der Waals surface area contributed by atoms with E-state index in [-0.39, 0.29) is 22.8 Å². The minimum Gasteiger partial charge on any atom is -0.435 e. The van der Waals surface area contributed by atoms with E-state index in [0.717, 1.165) is 16.5 Å². The number of hydrogen-bond donors (Lipinski definition) is 3. The molecule has 0 unspecified atom stereocenters. The maximum Gasteiger partial charge on any atom is 0.514 e. The summed E-state index contributed by atoms with van der Waals surface area (Å²) in [5.41, 5.74) is 2.23. The molecule has 2 aliphatic rings. The highest BCUT2D eigenvalue weighted by molar-refractivity contribution is 8.18. The zero-order valence-corrected chi connectivity index (χ0v) is 25.1. The van der Waals surface area contributed by atoms with Crippen LogP contribution < -0.4 is 10.6 Å². The number of benzene rings is 2. The molecule has 12 heteroatoms. The largest absolute Gasteiger partial charge is 0.514 e. The fourth-order valence-electron chi connectivity index (χ4n) is 5.16. The number of anilines is 1. The average Bonchev–Trinajstić information content (AvgIpc) is 3.28. The number of amidine groups is 1. The van der Waals surface area contributed by atoms with E-state index in [1.165, 1.54) is 11.8 Å². The highest BCUT2D eigenvalue weighted by Crippen LogP contribution is 2.33. The first-order valence-electron chi connectivity index (χ1n) is 13.5. The molecule has 0 aliphatic carbocycles. The Morgan fingerprint density at radius 3 is 2.67 bits per heavy atom. The predicted octanol–water partition coefficient (Wildman–Crippen LogP) is 5.33. The molecule has 0 bridgehead atoms. The van der Waals surface area contributed by atoms with Gasteiger partial charge in [-0.3, -0.25) is 19.5 Å². The molecule has 0 radical (unpaired) electrons. The minimum absolute atomic E-state index is 0.0306. The van der Waals surface area contributed by atoms with Crippen LogP contribution in [0.4, 0.5) is 16.2 Å². The second kappa shape index (κ2) is 11.8. The number of hydrogen-bond acceptors (Lipinski definition) is 7. The summed E-state index contributed by atoms with van der Waals surface area (Å²) in [4.78, 5) is 48.9. The SMILES string of the molecule is CC(C)(C)[N+]1(C(=O)O)CCN(CC(=O)Nc2ccc(Cl)c(N=C3NC(=O)/C(=C/c4ccc5ncccc5c4)S3)c2)CC1. The summed E-state index contributed by atoms with van der Waals surface area (Å²) in [5.74, 6) is -0.481. The van der Waals surface area contributed by atoms with E-state index in [0.29, 0.717) is 52.6 Å². The van der Waals surface area contributed by atoms with Crippen molar-refractivity contribution in [3.63, 3.8) is 0 Å². The Labute approximate surface area is 253 Å². The van der Waals surface area contributed by atoms with Crippen LogP contribution in [0.1, 0.15) is 26.3 Å². The van der Waals surface area contributed by atoms with Crippen molar-refractivity contribution in [2.24, 2.45) is 4.99 Å². The van der Waals surface area contributed by atoms with E-state index in [1.807, 2.05) is 56.0 Å². The Kier molecular flexibility index (Phi) is 8.38. The number of carbonyl (C=O) groups excluding carboxylic acids is 2. The van der Waals surface area contributed by atoms with Crippen LogP contribution in [0.3, 0.4) is 0 Å². The van der Waals surface area contributed by atoms with Crippen molar-refractivity contribution in [3.05, 3.63) is 70.2 Å². The van der Waals surface area contributed by atoms with Gasteiger partial charge in [0.25, 0.3) is 5.91 Å². The molecule has 0 saturated carbocycles. The minimum atomic E-state index is -0.840. The van der Waals surface area contributed by atoms with Crippen molar-refractivity contribution in [3.8, 4) is 0 Å². The second-order valence-corrected chi connectivity index (χ2v) is 12.7. The lowest BCUT2D eigenvalue weighted by Crippen LogP contribution is -2.70. The van der Waals surface area contributed by atoms with Crippen LogP contribution in [0.5, 0.6) is 0 Å². The highest BCUT2D eigenvalue weighted by atomic mass is 35.5. The Bertz CT molecular complexity index is 1630. The van der Waals surface area contributed by atoms with Crippen LogP contribution in [0.25, 0.3) is 17.0 Å². The number of quaternary nitrogens is 1. The molecule has 2 saturated heterocycles. The van der Waals surface area contributed by atoms with Crippen LogP contribution in [0, 0.1) is 0 Å². The highest BCUT2D eigenvalue weighted by Gasteiger charge is 2.49. The number of aliphatic imine (C=N–C) groups is 1. The third-order valence-corrected chi connectivity index (χ3v) is 8.87. The summed E-state index contributed by atoms with van der Waals surface area (Å²) in [7, 11) is 0. The number of nitrogens with one attached hydrogen (secondary N) is 2. The number of pyridine rings is 1. The first kappa shape index (κ1) is 29.7. The first-order valence-corrected chi connectivity index (χ1v) is 14.7. The van der Waals surface area contributed by atoms with Gasteiger partial charge in [-0.1, -0.05) is 23.7 Å². The number of thioether (sulfide) groups is 1. The van der Waals surface area contributed by atoms with Gasteiger partial charge < -0.3 is 15.7 Å². The Hall–Kier alpha value is -3.77. The lowest BCUT2D eigenvalue weighted by Gasteiger charge is -2.48. The quantitative estimate of drug-likeness (QED) is 0.265. The molecule has 2 fully saturated rings. The molecule has 1 aromatic heterocycles. The molecular formula is C30H32ClN6O4S+. The topological polar surface area (TPSA) is 124 Å². The van der Waals surface area contributed by atoms with E-state index in [2.05, 4.69) is 20.6 Å². The molecule has 0 spiro atoms. The van der Waals surface area contributed by atoms with Gasteiger partial charge in [0.05, 0.1) is 27.7 Å². The van der Waals surface area contributed by atoms with Gasteiger partial charge in [-0.15, -0.1) is 0 Å². The molecule has 3 amide bonds. The van der Waals surface area contributed by atoms with Gasteiger partial charge in [-0.05, 0) is 80.6 Å². The fraction of sp³-hybridized carbons (Fsp3) is 0.300. The zero-order valence-electron chi connectivity index (χ0n) is 23.6. The third kappa shape index (κ3) is 6.34. The number of carbonyl (C=O) groups is 3. The van der Waals surface area contributed by atoms with Crippen LogP contribution >= 0.6 is 23.4 Å². The van der Waals surface area contributed by atoms with E-state index < -0.39 is 11.6 Å². The molecule has 3 N–H and O–H groups in total. The third-order valence-electron chi connectivity index (χ3n) is 7.64. The van der Waals surface area contributed by atoms with Crippen molar-refractivity contribution in [1.82, 2.24) is 15.2 Å². The zero-order chi connectivity index (χ0) is 30.1. The van der Waals surface area contributed by atoms with E-state index in [9.17, 15) is 19.5 Å². The Balaban J connectivity index is 1.23. The Morgan fingerprint density at radius 2 is 1.95 bits per heavy atom. The van der Waals surface area contributed by atoms with Gasteiger partial charge in [0.2, 0.25) is 5.91 Å². The summed E-state index contributed by atoms with van der Waals surface area (Å²) in [5, 5.41) is 17.3. The number of nitrogens with zero attached hydrogens (tertiary/aromatic N) is 4. The molecule has 3 aromatic rings. The van der Waals surface area contributed by atoms with Gasteiger partial charge >= 0.3 is 6.09 Å². The molecule has 3 heterocycles. The number of amides is 3. The lowest BCUT2D eigenvalue weighted by atomic mass is 10.00. The smallest absolute Gasteiger partial charge is 0.435 e. The van der Waals surface area contributed by atoms with Gasteiger partial charge in [-0.2, -0.15) is 4.79 Å². The summed E-state index contributed by atoms with van der Waals surface area (Å²) in [6, 6.07) is 14.6. The molecule has 5 rings (SSSR count). The number of fused-ring (bicyclic) bond motifs is 1. The molecule has 42 heavy (non-hydrogen) atoms. The average molecular weight is 608 g/mol. The molecule has 218 valence electrons. The van der Waals surface area contributed by atoms with Crippen molar-refractivity contribution < 1.29 is 24.0 Å². The molecular weight excluding hydrogens is 576 g/mol. The number of halogens is 1. The molecule has 0 atom stereocenters. The van der Waals surface area contributed by atoms with E-state index >= 15 is 0 Å². The lowest BCUT2D eigenvalue weighted by molar-refractivity contribution is -0.907. The van der Waals surface area contributed by atoms with Gasteiger partial charge in [0, 0.05) is 30.4 Å². The van der Waals surface area contributed by atoms with Crippen LogP contribution in [-0.2, 0) is 9.59 Å². The number of carboxylic acid groups (broad SMARTS) is 1.